The molecule has 6 heteroatoms. The molecule has 0 aliphatic carbocycles. The van der Waals surface area contributed by atoms with Crippen LogP contribution in [-0.4, -0.2) is 12.6 Å². The molecule has 0 radical (unpaired) electrons. The van der Waals surface area contributed by atoms with Gasteiger partial charge in [0.2, 0.25) is 0 Å². The van der Waals surface area contributed by atoms with Crippen molar-refractivity contribution in [2.45, 2.75) is 19.7 Å². The first-order valence-electron chi connectivity index (χ1n) is 7.66. The zero-order valence-electron chi connectivity index (χ0n) is 13.6. The fourth-order valence-electron chi connectivity index (χ4n) is 2.24. The van der Waals surface area contributed by atoms with Gasteiger partial charge in [-0.3, -0.25) is 0 Å². The van der Waals surface area contributed by atoms with E-state index in [9.17, 15) is 18.0 Å². The minimum absolute atomic E-state index is 0.151. The van der Waals surface area contributed by atoms with E-state index in [1.54, 1.807) is 18.2 Å². The maximum atomic E-state index is 12.9. The van der Waals surface area contributed by atoms with Crippen LogP contribution in [0.3, 0.4) is 0 Å². The first-order chi connectivity index (χ1) is 11.9. The fourth-order valence-corrected chi connectivity index (χ4v) is 2.24. The molecule has 0 aliphatic heterocycles. The van der Waals surface area contributed by atoms with Gasteiger partial charge in [-0.15, -0.1) is 0 Å². The van der Waals surface area contributed by atoms with Crippen molar-refractivity contribution in [1.29, 1.82) is 0 Å². The van der Waals surface area contributed by atoms with Crippen molar-refractivity contribution in [3.63, 3.8) is 0 Å². The van der Waals surface area contributed by atoms with E-state index in [1.165, 1.54) is 13.0 Å². The lowest BCUT2D eigenvalue weighted by molar-refractivity contribution is -0.138. The fraction of sp³-hybridized carbons (Fsp3) is 0.211. The number of carbonyl (C=O) groups excluding carboxylic acids is 1. The summed E-state index contributed by atoms with van der Waals surface area (Å²) in [6, 6.07) is 13.2. The highest BCUT2D eigenvalue weighted by Gasteiger charge is 2.32. The van der Waals surface area contributed by atoms with Crippen LogP contribution in [0.5, 0.6) is 0 Å². The van der Waals surface area contributed by atoms with E-state index in [-0.39, 0.29) is 18.7 Å². The van der Waals surface area contributed by atoms with Crippen molar-refractivity contribution < 1.29 is 22.7 Å². The molecule has 1 N–H and O–H groups in total. The van der Waals surface area contributed by atoms with Crippen molar-refractivity contribution in [1.82, 2.24) is 5.32 Å². The normalized spacial score (nSPS) is 11.5. The lowest BCUT2D eigenvalue weighted by Crippen LogP contribution is -2.24. The Morgan fingerprint density at radius 2 is 1.84 bits per heavy atom. The summed E-state index contributed by atoms with van der Waals surface area (Å²) in [5, 5.41) is 2.52. The van der Waals surface area contributed by atoms with E-state index in [4.69, 9.17) is 4.74 Å². The van der Waals surface area contributed by atoms with Crippen LogP contribution in [0, 0.1) is 6.92 Å². The molecule has 0 saturated carbocycles. The maximum Gasteiger partial charge on any atom is 0.416 e. The van der Waals surface area contributed by atoms with Gasteiger partial charge in [0.05, 0.1) is 5.56 Å². The van der Waals surface area contributed by atoms with Gasteiger partial charge >= 0.3 is 12.3 Å². The summed E-state index contributed by atoms with van der Waals surface area (Å²) in [6.45, 7) is 1.73. The van der Waals surface area contributed by atoms with Gasteiger partial charge in [0, 0.05) is 6.54 Å². The van der Waals surface area contributed by atoms with Crippen LogP contribution in [0.1, 0.15) is 22.3 Å². The molecule has 2 aromatic carbocycles. The monoisotopic (exact) mass is 349 g/mol. The van der Waals surface area contributed by atoms with Crippen molar-refractivity contribution in [3.8, 4) is 0 Å². The Kier molecular flexibility index (Phi) is 6.22. The van der Waals surface area contributed by atoms with Crippen LogP contribution >= 0.6 is 0 Å². The SMILES string of the molecule is Cc1c(C=CCNC(=O)OCc2ccccc2)cccc1C(F)(F)F. The summed E-state index contributed by atoms with van der Waals surface area (Å²) >= 11 is 0. The molecule has 0 bridgehead atoms. The number of benzene rings is 2. The molecule has 0 saturated heterocycles. The van der Waals surface area contributed by atoms with Gasteiger partial charge in [-0.2, -0.15) is 13.2 Å². The van der Waals surface area contributed by atoms with E-state index in [0.717, 1.165) is 11.6 Å². The molecule has 0 unspecified atom stereocenters. The van der Waals surface area contributed by atoms with Crippen molar-refractivity contribution >= 4 is 12.2 Å². The zero-order valence-corrected chi connectivity index (χ0v) is 13.6. The van der Waals surface area contributed by atoms with Gasteiger partial charge in [-0.1, -0.05) is 54.6 Å². The van der Waals surface area contributed by atoms with Gasteiger partial charge < -0.3 is 10.1 Å². The van der Waals surface area contributed by atoms with Gasteiger partial charge in [0.1, 0.15) is 6.61 Å². The predicted molar refractivity (Wildman–Crippen MR) is 89.8 cm³/mol. The molecule has 25 heavy (non-hydrogen) atoms. The molecule has 0 heterocycles. The molecule has 132 valence electrons. The minimum Gasteiger partial charge on any atom is -0.445 e. The number of amides is 1. The van der Waals surface area contributed by atoms with Gasteiger partial charge in [-0.25, -0.2) is 4.79 Å². The zero-order chi connectivity index (χ0) is 18.3. The van der Waals surface area contributed by atoms with Crippen molar-refractivity contribution in [3.05, 3.63) is 76.9 Å². The molecule has 2 aromatic rings. The van der Waals surface area contributed by atoms with E-state index in [2.05, 4.69) is 5.32 Å². The third kappa shape index (κ3) is 5.67. The molecule has 1 amide bonds. The number of alkyl carbamates (subject to hydrolysis) is 1. The van der Waals surface area contributed by atoms with E-state index in [0.29, 0.717) is 5.56 Å². The van der Waals surface area contributed by atoms with Crippen LogP contribution in [-0.2, 0) is 17.5 Å². The number of ether oxygens (including phenoxy) is 1. The summed E-state index contributed by atoms with van der Waals surface area (Å²) < 4.78 is 43.6. The topological polar surface area (TPSA) is 38.3 Å². The van der Waals surface area contributed by atoms with Crippen LogP contribution < -0.4 is 5.32 Å². The molecule has 0 fully saturated rings. The molecule has 0 aromatic heterocycles. The Morgan fingerprint density at radius 1 is 1.12 bits per heavy atom. The lowest BCUT2D eigenvalue weighted by Gasteiger charge is -2.12. The molecule has 3 nitrogen and oxygen atoms in total. The summed E-state index contributed by atoms with van der Waals surface area (Å²) in [5.41, 5.74) is 0.810. The Labute approximate surface area is 144 Å². The second-order valence-corrected chi connectivity index (χ2v) is 5.36. The quantitative estimate of drug-likeness (QED) is 0.829. The molecule has 0 spiro atoms. The molecule has 2 rings (SSSR count). The average Bonchev–Trinajstić information content (AvgIpc) is 2.58. The highest BCUT2D eigenvalue weighted by Crippen LogP contribution is 2.33. The third-order valence-corrected chi connectivity index (χ3v) is 3.56. The van der Waals surface area contributed by atoms with Crippen LogP contribution in [0.25, 0.3) is 6.08 Å². The molecular weight excluding hydrogens is 331 g/mol. The van der Waals surface area contributed by atoms with Gasteiger partial charge in [-0.05, 0) is 29.7 Å². The summed E-state index contributed by atoms with van der Waals surface area (Å²) in [6.07, 6.45) is -1.85. The summed E-state index contributed by atoms with van der Waals surface area (Å²) in [7, 11) is 0. The standard InChI is InChI=1S/C19H18F3NO2/c1-14-16(9-5-11-17(14)19(20,21)22)10-6-12-23-18(24)25-13-15-7-3-2-4-8-15/h2-11H,12-13H2,1H3,(H,23,24). The van der Waals surface area contributed by atoms with Crippen molar-refractivity contribution in [2.75, 3.05) is 6.54 Å². The molecule has 0 aliphatic rings. The second kappa shape index (κ2) is 8.37. The van der Waals surface area contributed by atoms with Gasteiger partial charge in [0.25, 0.3) is 0 Å². The minimum atomic E-state index is -4.38. The maximum absolute atomic E-state index is 12.9. The highest BCUT2D eigenvalue weighted by atomic mass is 19.4. The lowest BCUT2D eigenvalue weighted by atomic mass is 10.0. The summed E-state index contributed by atoms with van der Waals surface area (Å²) in [4.78, 5) is 11.6. The first-order valence-corrected chi connectivity index (χ1v) is 7.66. The largest absolute Gasteiger partial charge is 0.445 e. The van der Waals surface area contributed by atoms with Gasteiger partial charge in [0.15, 0.2) is 0 Å². The van der Waals surface area contributed by atoms with Crippen LogP contribution in [0.2, 0.25) is 0 Å². The number of halogens is 3. The van der Waals surface area contributed by atoms with Crippen LogP contribution in [0.4, 0.5) is 18.0 Å². The van der Waals surface area contributed by atoms with E-state index < -0.39 is 17.8 Å². The number of hydrogen-bond donors (Lipinski definition) is 1. The highest BCUT2D eigenvalue weighted by molar-refractivity contribution is 5.67. The Bertz CT molecular complexity index is 740. The first kappa shape index (κ1) is 18.6. The Balaban J connectivity index is 1.84. The van der Waals surface area contributed by atoms with Crippen LogP contribution in [0.15, 0.2) is 54.6 Å². The van der Waals surface area contributed by atoms with E-state index in [1.807, 2.05) is 30.3 Å². The average molecular weight is 349 g/mol. The number of hydrogen-bond acceptors (Lipinski definition) is 2. The summed E-state index contributed by atoms with van der Waals surface area (Å²) in [5.74, 6) is 0. The third-order valence-electron chi connectivity index (χ3n) is 3.56. The Morgan fingerprint density at radius 3 is 2.52 bits per heavy atom. The smallest absolute Gasteiger partial charge is 0.416 e. The number of carbonyl (C=O) groups is 1. The van der Waals surface area contributed by atoms with E-state index >= 15 is 0 Å². The van der Waals surface area contributed by atoms with Crippen molar-refractivity contribution in [2.24, 2.45) is 0 Å². The number of alkyl halides is 3. The Hall–Kier alpha value is -2.76. The molecule has 0 atom stereocenters. The number of rotatable bonds is 5. The number of nitrogens with one attached hydrogen (secondary N) is 1. The molecular formula is C19H18F3NO2. The second-order valence-electron chi connectivity index (χ2n) is 5.36. The predicted octanol–water partition coefficient (Wildman–Crippen LogP) is 4.95.